The molecular weight excluding hydrogens is 288 g/mol. The fourth-order valence-corrected chi connectivity index (χ4v) is 3.04. The predicted molar refractivity (Wildman–Crippen MR) is 82.3 cm³/mol. The number of aromatic nitrogens is 1. The highest BCUT2D eigenvalue weighted by atomic mass is 32.2. The maximum absolute atomic E-state index is 12.0. The van der Waals surface area contributed by atoms with E-state index < -0.39 is 10.0 Å². The molecule has 21 heavy (non-hydrogen) atoms. The molecule has 5 nitrogen and oxygen atoms in total. The molecule has 0 aliphatic heterocycles. The van der Waals surface area contributed by atoms with Crippen molar-refractivity contribution in [3.05, 3.63) is 69.6 Å². The summed E-state index contributed by atoms with van der Waals surface area (Å²) in [5.41, 5.74) is 2.02. The summed E-state index contributed by atoms with van der Waals surface area (Å²) in [7, 11) is -1.84. The number of pyridine rings is 1. The average molecular weight is 306 g/mol. The van der Waals surface area contributed by atoms with Gasteiger partial charge in [0, 0.05) is 25.4 Å². The first-order chi connectivity index (χ1) is 9.87. The van der Waals surface area contributed by atoms with Crippen molar-refractivity contribution < 1.29 is 8.42 Å². The monoisotopic (exact) mass is 306 g/mol. The lowest BCUT2D eigenvalue weighted by Crippen LogP contribution is -2.29. The van der Waals surface area contributed by atoms with Gasteiger partial charge in [-0.3, -0.25) is 4.79 Å². The summed E-state index contributed by atoms with van der Waals surface area (Å²) < 4.78 is 28.0. The van der Waals surface area contributed by atoms with E-state index in [1.165, 1.54) is 4.57 Å². The van der Waals surface area contributed by atoms with Crippen LogP contribution in [-0.2, 0) is 29.4 Å². The third-order valence-electron chi connectivity index (χ3n) is 3.16. The SMILES string of the molecule is Cc1ccc(CS(=O)(=O)NCc2cccn(C)c2=O)cc1. The van der Waals surface area contributed by atoms with E-state index in [-0.39, 0.29) is 17.9 Å². The fraction of sp³-hybridized carbons (Fsp3) is 0.267. The van der Waals surface area contributed by atoms with Crippen LogP contribution in [0.3, 0.4) is 0 Å². The summed E-state index contributed by atoms with van der Waals surface area (Å²) >= 11 is 0. The van der Waals surface area contributed by atoms with Gasteiger partial charge in [0.15, 0.2) is 0 Å². The van der Waals surface area contributed by atoms with E-state index in [2.05, 4.69) is 4.72 Å². The third kappa shape index (κ3) is 4.27. The van der Waals surface area contributed by atoms with Crippen LogP contribution in [0.15, 0.2) is 47.4 Å². The molecule has 1 aromatic heterocycles. The number of sulfonamides is 1. The summed E-state index contributed by atoms with van der Waals surface area (Å²) in [6, 6.07) is 10.7. The highest BCUT2D eigenvalue weighted by Gasteiger charge is 2.12. The van der Waals surface area contributed by atoms with Crippen LogP contribution < -0.4 is 10.3 Å². The van der Waals surface area contributed by atoms with E-state index in [0.717, 1.165) is 5.56 Å². The van der Waals surface area contributed by atoms with E-state index in [1.807, 2.05) is 19.1 Å². The highest BCUT2D eigenvalue weighted by Crippen LogP contribution is 2.07. The van der Waals surface area contributed by atoms with Gasteiger partial charge in [0.25, 0.3) is 5.56 Å². The van der Waals surface area contributed by atoms with Crippen LogP contribution in [0.2, 0.25) is 0 Å². The van der Waals surface area contributed by atoms with Crippen LogP contribution in [0.1, 0.15) is 16.7 Å². The zero-order valence-electron chi connectivity index (χ0n) is 12.0. The van der Waals surface area contributed by atoms with Gasteiger partial charge in [0.1, 0.15) is 0 Å². The largest absolute Gasteiger partial charge is 0.318 e. The molecule has 1 N–H and O–H groups in total. The first kappa shape index (κ1) is 15.5. The minimum Gasteiger partial charge on any atom is -0.318 e. The Morgan fingerprint density at radius 1 is 1.14 bits per heavy atom. The number of nitrogens with zero attached hydrogens (tertiary/aromatic N) is 1. The molecule has 0 saturated heterocycles. The molecule has 1 heterocycles. The second-order valence-corrected chi connectivity index (χ2v) is 6.82. The molecule has 6 heteroatoms. The van der Waals surface area contributed by atoms with E-state index in [9.17, 15) is 13.2 Å². The van der Waals surface area contributed by atoms with Crippen molar-refractivity contribution in [2.24, 2.45) is 7.05 Å². The number of nitrogens with one attached hydrogen (secondary N) is 1. The summed E-state index contributed by atoms with van der Waals surface area (Å²) in [4.78, 5) is 11.8. The van der Waals surface area contributed by atoms with Crippen LogP contribution >= 0.6 is 0 Å². The zero-order valence-corrected chi connectivity index (χ0v) is 12.9. The Kier molecular flexibility index (Phi) is 4.59. The minimum absolute atomic E-state index is 0.00169. The molecule has 0 saturated carbocycles. The van der Waals surface area contributed by atoms with E-state index >= 15 is 0 Å². The number of rotatable bonds is 5. The molecule has 0 amide bonds. The minimum atomic E-state index is -3.47. The van der Waals surface area contributed by atoms with Crippen LogP contribution in [0.4, 0.5) is 0 Å². The Morgan fingerprint density at radius 3 is 2.48 bits per heavy atom. The summed E-state index contributed by atoms with van der Waals surface area (Å²) in [6.07, 6.45) is 1.63. The summed E-state index contributed by atoms with van der Waals surface area (Å²) in [5.74, 6) is -0.0968. The van der Waals surface area contributed by atoms with Gasteiger partial charge >= 0.3 is 0 Å². The van der Waals surface area contributed by atoms with Gasteiger partial charge in [0.05, 0.1) is 5.75 Å². The molecule has 0 bridgehead atoms. The van der Waals surface area contributed by atoms with Gasteiger partial charge in [0.2, 0.25) is 10.0 Å². The smallest absolute Gasteiger partial charge is 0.254 e. The normalized spacial score (nSPS) is 11.5. The van der Waals surface area contributed by atoms with Crippen molar-refractivity contribution in [1.82, 2.24) is 9.29 Å². The van der Waals surface area contributed by atoms with Gasteiger partial charge in [-0.05, 0) is 18.6 Å². The second-order valence-electron chi connectivity index (χ2n) is 5.02. The number of aryl methyl sites for hydroxylation is 2. The number of benzene rings is 1. The maximum Gasteiger partial charge on any atom is 0.254 e. The molecule has 0 spiro atoms. The van der Waals surface area contributed by atoms with Gasteiger partial charge in [-0.1, -0.05) is 35.9 Å². The Hall–Kier alpha value is -1.92. The summed E-state index contributed by atoms with van der Waals surface area (Å²) in [5, 5.41) is 0. The maximum atomic E-state index is 12.0. The zero-order chi connectivity index (χ0) is 15.5. The number of hydrogen-bond acceptors (Lipinski definition) is 3. The quantitative estimate of drug-likeness (QED) is 0.905. The third-order valence-corrected chi connectivity index (χ3v) is 4.46. The van der Waals surface area contributed by atoms with Crippen LogP contribution in [-0.4, -0.2) is 13.0 Å². The lowest BCUT2D eigenvalue weighted by atomic mass is 10.2. The van der Waals surface area contributed by atoms with Crippen molar-refractivity contribution in [2.75, 3.05) is 0 Å². The van der Waals surface area contributed by atoms with E-state index in [1.54, 1.807) is 37.5 Å². The molecule has 0 fully saturated rings. The lowest BCUT2D eigenvalue weighted by molar-refractivity contribution is 0.580. The molecule has 2 aromatic rings. The Balaban J connectivity index is 2.06. The van der Waals surface area contributed by atoms with Crippen molar-refractivity contribution in [3.63, 3.8) is 0 Å². The molecule has 0 aliphatic rings. The predicted octanol–water partition coefficient (Wildman–Crippen LogP) is 1.31. The first-order valence-corrected chi connectivity index (χ1v) is 8.20. The molecular formula is C15H18N2O3S. The highest BCUT2D eigenvalue weighted by molar-refractivity contribution is 7.88. The van der Waals surface area contributed by atoms with Crippen LogP contribution in [0, 0.1) is 6.92 Å². The Bertz CT molecular complexity index is 777. The standard InChI is InChI=1S/C15H18N2O3S/c1-12-5-7-13(8-6-12)11-21(19,20)16-10-14-4-3-9-17(2)15(14)18/h3-9,16H,10-11H2,1-2H3. The average Bonchev–Trinajstić information content (AvgIpc) is 2.43. The molecule has 112 valence electrons. The molecule has 2 rings (SSSR count). The molecule has 0 aliphatic carbocycles. The first-order valence-electron chi connectivity index (χ1n) is 6.55. The molecule has 1 aromatic carbocycles. The van der Waals surface area contributed by atoms with Crippen LogP contribution in [0.25, 0.3) is 0 Å². The van der Waals surface area contributed by atoms with Crippen LogP contribution in [0.5, 0.6) is 0 Å². The molecule has 0 radical (unpaired) electrons. The van der Waals surface area contributed by atoms with E-state index in [0.29, 0.717) is 11.1 Å². The number of hydrogen-bond donors (Lipinski definition) is 1. The second kappa shape index (κ2) is 6.24. The van der Waals surface area contributed by atoms with Gasteiger partial charge < -0.3 is 4.57 Å². The van der Waals surface area contributed by atoms with Gasteiger partial charge in [-0.15, -0.1) is 0 Å². The van der Waals surface area contributed by atoms with Crippen molar-refractivity contribution >= 4 is 10.0 Å². The summed E-state index contributed by atoms with van der Waals surface area (Å²) in [6.45, 7) is 1.95. The van der Waals surface area contributed by atoms with Crippen molar-refractivity contribution in [2.45, 2.75) is 19.2 Å². The van der Waals surface area contributed by atoms with Gasteiger partial charge in [-0.2, -0.15) is 0 Å². The Labute approximate surface area is 124 Å². The molecule has 0 unspecified atom stereocenters. The fourth-order valence-electron chi connectivity index (χ4n) is 1.93. The Morgan fingerprint density at radius 2 is 1.81 bits per heavy atom. The van der Waals surface area contributed by atoms with Crippen molar-refractivity contribution in [3.8, 4) is 0 Å². The lowest BCUT2D eigenvalue weighted by Gasteiger charge is -2.07. The van der Waals surface area contributed by atoms with Crippen molar-refractivity contribution in [1.29, 1.82) is 0 Å². The van der Waals surface area contributed by atoms with E-state index in [4.69, 9.17) is 0 Å². The topological polar surface area (TPSA) is 68.2 Å². The van der Waals surface area contributed by atoms with Gasteiger partial charge in [-0.25, -0.2) is 13.1 Å². The molecule has 0 atom stereocenters.